The van der Waals surface area contributed by atoms with E-state index in [0.717, 1.165) is 16.9 Å². The number of benzene rings is 1. The van der Waals surface area contributed by atoms with Crippen LogP contribution in [0.2, 0.25) is 0 Å². The normalized spacial score (nSPS) is 15.0. The fourth-order valence-corrected chi connectivity index (χ4v) is 2.92. The Bertz CT molecular complexity index is 796. The minimum atomic E-state index is -0.487. The predicted octanol–water partition coefficient (Wildman–Crippen LogP) is 2.69. The van der Waals surface area contributed by atoms with Gasteiger partial charge in [-0.3, -0.25) is 0 Å². The number of aliphatic hydroxyl groups excluding tert-OH is 1. The second kappa shape index (κ2) is 7.92. The van der Waals surface area contributed by atoms with Gasteiger partial charge in [-0.1, -0.05) is 18.2 Å². The number of rotatable bonds is 3. The number of hydrogen-bond donors (Lipinski definition) is 1. The quantitative estimate of drug-likeness (QED) is 0.895. The summed E-state index contributed by atoms with van der Waals surface area (Å²) in [5.74, 6) is 1.45. The Balaban J connectivity index is 1.67. The van der Waals surface area contributed by atoms with Crippen molar-refractivity contribution in [3.63, 3.8) is 0 Å². The molecule has 1 aliphatic heterocycles. The summed E-state index contributed by atoms with van der Waals surface area (Å²) in [6.07, 6.45) is 1.47. The molecule has 7 nitrogen and oxygen atoms in total. The number of aromatic nitrogens is 2. The van der Waals surface area contributed by atoms with Crippen LogP contribution in [0.25, 0.3) is 11.4 Å². The number of piperazine rings is 1. The summed E-state index contributed by atoms with van der Waals surface area (Å²) in [4.78, 5) is 25.1. The highest BCUT2D eigenvalue weighted by atomic mass is 16.6. The molecule has 1 amide bonds. The zero-order valence-corrected chi connectivity index (χ0v) is 16.1. The number of anilines is 1. The third-order valence-corrected chi connectivity index (χ3v) is 4.26. The van der Waals surface area contributed by atoms with Crippen LogP contribution < -0.4 is 4.90 Å². The van der Waals surface area contributed by atoms with E-state index in [4.69, 9.17) is 4.74 Å². The van der Waals surface area contributed by atoms with Gasteiger partial charge in [0.15, 0.2) is 5.82 Å². The van der Waals surface area contributed by atoms with Crippen molar-refractivity contribution in [2.24, 2.45) is 0 Å². The number of nitrogens with zero attached hydrogens (tertiary/aromatic N) is 4. The average molecular weight is 370 g/mol. The molecular weight excluding hydrogens is 344 g/mol. The first kappa shape index (κ1) is 19.1. The molecule has 1 N–H and O–H groups in total. The Hall–Kier alpha value is -2.67. The van der Waals surface area contributed by atoms with Crippen molar-refractivity contribution >= 4 is 11.9 Å². The standard InChI is InChI=1S/C20H26N4O3/c1-20(2,3)27-19(26)24-11-9-23(10-12-24)17-7-8-21-18(22-17)16-6-4-5-15(13-16)14-25/h4-8,13,25H,9-12,14H2,1-3H3. The highest BCUT2D eigenvalue weighted by Crippen LogP contribution is 2.21. The topological polar surface area (TPSA) is 78.8 Å². The molecule has 1 saturated heterocycles. The lowest BCUT2D eigenvalue weighted by Gasteiger charge is -2.36. The van der Waals surface area contributed by atoms with Gasteiger partial charge in [0.1, 0.15) is 11.4 Å². The van der Waals surface area contributed by atoms with Gasteiger partial charge in [-0.2, -0.15) is 0 Å². The minimum Gasteiger partial charge on any atom is -0.444 e. The van der Waals surface area contributed by atoms with Crippen LogP contribution in [0, 0.1) is 0 Å². The third kappa shape index (κ3) is 4.95. The lowest BCUT2D eigenvalue weighted by Crippen LogP contribution is -2.50. The molecule has 0 spiro atoms. The summed E-state index contributed by atoms with van der Waals surface area (Å²) in [5.41, 5.74) is 1.21. The number of aliphatic hydroxyl groups is 1. The number of amides is 1. The van der Waals surface area contributed by atoms with Gasteiger partial charge in [-0.05, 0) is 38.5 Å². The Labute approximate surface area is 159 Å². The fraction of sp³-hybridized carbons (Fsp3) is 0.450. The van der Waals surface area contributed by atoms with Crippen LogP contribution in [0.15, 0.2) is 36.5 Å². The van der Waals surface area contributed by atoms with Crippen LogP contribution in [0.5, 0.6) is 0 Å². The predicted molar refractivity (Wildman–Crippen MR) is 103 cm³/mol. The van der Waals surface area contributed by atoms with Gasteiger partial charge in [-0.15, -0.1) is 0 Å². The zero-order valence-electron chi connectivity index (χ0n) is 16.1. The summed E-state index contributed by atoms with van der Waals surface area (Å²) >= 11 is 0. The molecule has 27 heavy (non-hydrogen) atoms. The second-order valence-electron chi connectivity index (χ2n) is 7.55. The van der Waals surface area contributed by atoms with Crippen LogP contribution in [0.1, 0.15) is 26.3 Å². The molecule has 1 aliphatic rings. The van der Waals surface area contributed by atoms with Crippen molar-refractivity contribution in [3.05, 3.63) is 42.1 Å². The number of carbonyl (C=O) groups is 1. The maximum Gasteiger partial charge on any atom is 0.410 e. The monoisotopic (exact) mass is 370 g/mol. The van der Waals surface area contributed by atoms with E-state index in [9.17, 15) is 9.90 Å². The molecule has 0 atom stereocenters. The molecule has 7 heteroatoms. The lowest BCUT2D eigenvalue weighted by atomic mass is 10.1. The van der Waals surface area contributed by atoms with E-state index >= 15 is 0 Å². The highest BCUT2D eigenvalue weighted by molar-refractivity contribution is 5.68. The van der Waals surface area contributed by atoms with Crippen LogP contribution in [0.3, 0.4) is 0 Å². The van der Waals surface area contributed by atoms with E-state index in [1.165, 1.54) is 0 Å². The van der Waals surface area contributed by atoms with Crippen molar-refractivity contribution in [2.75, 3.05) is 31.1 Å². The molecule has 2 heterocycles. The van der Waals surface area contributed by atoms with Crippen molar-refractivity contribution in [3.8, 4) is 11.4 Å². The molecular formula is C20H26N4O3. The van der Waals surface area contributed by atoms with Gasteiger partial charge in [0.05, 0.1) is 6.61 Å². The lowest BCUT2D eigenvalue weighted by molar-refractivity contribution is 0.0240. The fourth-order valence-electron chi connectivity index (χ4n) is 2.92. The first-order chi connectivity index (χ1) is 12.9. The molecule has 0 saturated carbocycles. The number of ether oxygens (including phenoxy) is 1. The Morgan fingerprint density at radius 3 is 2.59 bits per heavy atom. The largest absolute Gasteiger partial charge is 0.444 e. The van der Waals surface area contributed by atoms with Crippen molar-refractivity contribution < 1.29 is 14.6 Å². The zero-order chi connectivity index (χ0) is 19.4. The summed E-state index contributed by atoms with van der Waals surface area (Å²) in [6, 6.07) is 9.45. The smallest absolute Gasteiger partial charge is 0.410 e. The highest BCUT2D eigenvalue weighted by Gasteiger charge is 2.26. The van der Waals surface area contributed by atoms with E-state index in [1.807, 2.05) is 51.1 Å². The SMILES string of the molecule is CC(C)(C)OC(=O)N1CCN(c2ccnc(-c3cccc(CO)c3)n2)CC1. The van der Waals surface area contributed by atoms with Crippen molar-refractivity contribution in [2.45, 2.75) is 33.0 Å². The van der Waals surface area contributed by atoms with Crippen LogP contribution in [-0.2, 0) is 11.3 Å². The summed E-state index contributed by atoms with van der Waals surface area (Å²) in [6.45, 7) is 8.15. The molecule has 144 valence electrons. The Morgan fingerprint density at radius 2 is 1.93 bits per heavy atom. The number of carbonyl (C=O) groups excluding carboxylic acids is 1. The molecule has 2 aromatic rings. The molecule has 3 rings (SSSR count). The van der Waals surface area contributed by atoms with Gasteiger partial charge < -0.3 is 19.6 Å². The van der Waals surface area contributed by atoms with E-state index in [0.29, 0.717) is 32.0 Å². The Morgan fingerprint density at radius 1 is 1.19 bits per heavy atom. The van der Waals surface area contributed by atoms with Crippen LogP contribution in [0.4, 0.5) is 10.6 Å². The third-order valence-electron chi connectivity index (χ3n) is 4.26. The maximum atomic E-state index is 12.2. The second-order valence-corrected chi connectivity index (χ2v) is 7.55. The first-order valence-electron chi connectivity index (χ1n) is 9.12. The van der Waals surface area contributed by atoms with Gasteiger partial charge in [0.25, 0.3) is 0 Å². The molecule has 0 unspecified atom stereocenters. The van der Waals surface area contributed by atoms with Crippen LogP contribution in [-0.4, -0.2) is 57.8 Å². The van der Waals surface area contributed by atoms with Crippen molar-refractivity contribution in [1.82, 2.24) is 14.9 Å². The van der Waals surface area contributed by atoms with E-state index in [2.05, 4.69) is 14.9 Å². The molecule has 0 radical (unpaired) electrons. The summed E-state index contributed by atoms with van der Waals surface area (Å²) in [7, 11) is 0. The maximum absolute atomic E-state index is 12.2. The summed E-state index contributed by atoms with van der Waals surface area (Å²) in [5, 5.41) is 9.32. The molecule has 1 aromatic heterocycles. The summed E-state index contributed by atoms with van der Waals surface area (Å²) < 4.78 is 5.44. The Kier molecular flexibility index (Phi) is 5.60. The van der Waals surface area contributed by atoms with Gasteiger partial charge in [-0.25, -0.2) is 14.8 Å². The van der Waals surface area contributed by atoms with Crippen molar-refractivity contribution in [1.29, 1.82) is 0 Å². The van der Waals surface area contributed by atoms with E-state index in [1.54, 1.807) is 11.1 Å². The molecule has 0 bridgehead atoms. The minimum absolute atomic E-state index is 0.0137. The van der Waals surface area contributed by atoms with Crippen LogP contribution >= 0.6 is 0 Å². The number of hydrogen-bond acceptors (Lipinski definition) is 6. The molecule has 1 aromatic carbocycles. The van der Waals surface area contributed by atoms with Gasteiger partial charge in [0.2, 0.25) is 0 Å². The van der Waals surface area contributed by atoms with E-state index in [-0.39, 0.29) is 12.7 Å². The molecule has 1 fully saturated rings. The van der Waals surface area contributed by atoms with E-state index < -0.39 is 5.60 Å². The molecule has 0 aliphatic carbocycles. The van der Waals surface area contributed by atoms with Gasteiger partial charge in [0, 0.05) is 37.9 Å². The first-order valence-corrected chi connectivity index (χ1v) is 9.12. The average Bonchev–Trinajstić information content (AvgIpc) is 2.67. The van der Waals surface area contributed by atoms with Gasteiger partial charge >= 0.3 is 6.09 Å².